The van der Waals surface area contributed by atoms with Crippen LogP contribution in [-0.2, 0) is 6.54 Å². The Bertz CT molecular complexity index is 1160. The molecule has 0 saturated heterocycles. The summed E-state index contributed by atoms with van der Waals surface area (Å²) in [4.78, 5) is 12.1. The van der Waals surface area contributed by atoms with Crippen LogP contribution in [-0.4, -0.2) is 21.8 Å². The number of hydrogen-bond acceptors (Lipinski definition) is 3. The second-order valence-corrected chi connectivity index (χ2v) is 6.28. The van der Waals surface area contributed by atoms with Crippen molar-refractivity contribution in [3.05, 3.63) is 77.9 Å². The molecule has 1 aromatic heterocycles. The van der Waals surface area contributed by atoms with E-state index >= 15 is 0 Å². The molecule has 0 atom stereocenters. The molecule has 27 heavy (non-hydrogen) atoms. The van der Waals surface area contributed by atoms with Crippen LogP contribution >= 0.6 is 0 Å². The van der Waals surface area contributed by atoms with Crippen LogP contribution in [0.5, 0.6) is 5.75 Å². The number of amides is 1. The van der Waals surface area contributed by atoms with Crippen LogP contribution < -0.4 is 5.43 Å². The van der Waals surface area contributed by atoms with Crippen molar-refractivity contribution in [3.8, 4) is 5.75 Å². The summed E-state index contributed by atoms with van der Waals surface area (Å²) in [6, 6.07) is 20.5. The average molecular weight is 357 g/mol. The number of nitrogens with zero attached hydrogens (tertiary/aromatic N) is 2. The van der Waals surface area contributed by atoms with Crippen molar-refractivity contribution in [3.63, 3.8) is 0 Å². The van der Waals surface area contributed by atoms with Crippen molar-refractivity contribution in [1.82, 2.24) is 9.99 Å². The van der Waals surface area contributed by atoms with Gasteiger partial charge < -0.3 is 9.67 Å². The van der Waals surface area contributed by atoms with Gasteiger partial charge in [0.25, 0.3) is 5.91 Å². The maximum absolute atomic E-state index is 12.1. The van der Waals surface area contributed by atoms with Crippen molar-refractivity contribution in [2.75, 3.05) is 0 Å². The van der Waals surface area contributed by atoms with Crippen molar-refractivity contribution >= 4 is 33.9 Å². The largest absolute Gasteiger partial charge is 0.508 e. The summed E-state index contributed by atoms with van der Waals surface area (Å²) in [5.41, 5.74) is 6.26. The lowest BCUT2D eigenvalue weighted by Crippen LogP contribution is -2.17. The van der Waals surface area contributed by atoms with Crippen LogP contribution in [0.4, 0.5) is 0 Å². The zero-order valence-electron chi connectivity index (χ0n) is 14.9. The molecular weight excluding hydrogens is 338 g/mol. The fourth-order valence-electron chi connectivity index (χ4n) is 3.34. The molecule has 0 fully saturated rings. The Morgan fingerprint density at radius 1 is 1.04 bits per heavy atom. The zero-order valence-corrected chi connectivity index (χ0v) is 14.9. The second kappa shape index (κ2) is 6.96. The number of carbonyl (C=O) groups excluding carboxylic acids is 1. The molecule has 4 rings (SSSR count). The quantitative estimate of drug-likeness (QED) is 0.423. The Morgan fingerprint density at radius 3 is 2.56 bits per heavy atom. The summed E-state index contributed by atoms with van der Waals surface area (Å²) in [6.07, 6.45) is 1.63. The van der Waals surface area contributed by atoms with Gasteiger partial charge in [0, 0.05) is 33.9 Å². The molecular formula is C22H19N3O2. The molecule has 0 unspecified atom stereocenters. The SMILES string of the molecule is CCn1c2ccccc2c2cc(/C=N\NC(=O)c3ccc(O)cc3)ccc21. The third-order valence-corrected chi connectivity index (χ3v) is 4.62. The first-order chi connectivity index (χ1) is 13.2. The molecule has 0 saturated carbocycles. The van der Waals surface area contributed by atoms with E-state index in [1.807, 2.05) is 12.1 Å². The highest BCUT2D eigenvalue weighted by atomic mass is 16.3. The number of nitrogens with one attached hydrogen (secondary N) is 1. The normalized spacial score (nSPS) is 11.4. The predicted molar refractivity (Wildman–Crippen MR) is 108 cm³/mol. The lowest BCUT2D eigenvalue weighted by Gasteiger charge is -2.03. The van der Waals surface area contributed by atoms with Gasteiger partial charge in [0.05, 0.1) is 6.21 Å². The van der Waals surface area contributed by atoms with Gasteiger partial charge in [0.2, 0.25) is 0 Å². The van der Waals surface area contributed by atoms with Gasteiger partial charge in [0.1, 0.15) is 5.75 Å². The number of aromatic nitrogens is 1. The van der Waals surface area contributed by atoms with E-state index in [9.17, 15) is 9.90 Å². The number of rotatable bonds is 4. The molecule has 0 bridgehead atoms. The second-order valence-electron chi connectivity index (χ2n) is 6.28. The summed E-state index contributed by atoms with van der Waals surface area (Å²) in [5.74, 6) is -0.204. The highest BCUT2D eigenvalue weighted by Gasteiger charge is 2.09. The average Bonchev–Trinajstić information content (AvgIpc) is 3.01. The van der Waals surface area contributed by atoms with Gasteiger partial charge in [-0.2, -0.15) is 5.10 Å². The van der Waals surface area contributed by atoms with Gasteiger partial charge in [0.15, 0.2) is 0 Å². The zero-order chi connectivity index (χ0) is 18.8. The minimum atomic E-state index is -0.324. The Hall–Kier alpha value is -3.60. The Morgan fingerprint density at radius 2 is 1.78 bits per heavy atom. The van der Waals surface area contributed by atoms with E-state index in [0.29, 0.717) is 5.56 Å². The molecule has 0 aliphatic carbocycles. The van der Waals surface area contributed by atoms with Gasteiger partial charge >= 0.3 is 0 Å². The fraction of sp³-hybridized carbons (Fsp3) is 0.0909. The lowest BCUT2D eigenvalue weighted by atomic mass is 10.1. The number of para-hydroxylation sites is 1. The number of hydrazone groups is 1. The minimum Gasteiger partial charge on any atom is -0.508 e. The van der Waals surface area contributed by atoms with Crippen LogP contribution in [0.2, 0.25) is 0 Å². The molecule has 1 heterocycles. The number of carbonyl (C=O) groups is 1. The molecule has 0 aliphatic rings. The molecule has 0 radical (unpaired) electrons. The molecule has 2 N–H and O–H groups in total. The summed E-state index contributed by atoms with van der Waals surface area (Å²) in [6.45, 7) is 3.04. The van der Waals surface area contributed by atoms with E-state index in [1.165, 1.54) is 33.9 Å². The Kier molecular flexibility index (Phi) is 4.34. The standard InChI is InChI=1S/C22H19N3O2/c1-2-25-20-6-4-3-5-18(20)19-13-15(7-12-21(19)25)14-23-24-22(27)16-8-10-17(26)11-9-16/h3-14,26H,2H2,1H3,(H,24,27)/b23-14-. The number of aromatic hydroxyl groups is 1. The molecule has 0 aliphatic heterocycles. The molecule has 1 amide bonds. The molecule has 5 nitrogen and oxygen atoms in total. The third kappa shape index (κ3) is 3.15. The summed E-state index contributed by atoms with van der Waals surface area (Å²) in [7, 11) is 0. The van der Waals surface area contributed by atoms with Gasteiger partial charge in [-0.05, 0) is 55.0 Å². The monoisotopic (exact) mass is 357 g/mol. The number of phenols is 1. The van der Waals surface area contributed by atoms with Gasteiger partial charge in [-0.15, -0.1) is 0 Å². The number of aryl methyl sites for hydroxylation is 1. The van der Waals surface area contributed by atoms with Crippen molar-refractivity contribution in [2.24, 2.45) is 5.10 Å². The lowest BCUT2D eigenvalue weighted by molar-refractivity contribution is 0.0955. The highest BCUT2D eigenvalue weighted by Crippen LogP contribution is 2.29. The van der Waals surface area contributed by atoms with Crippen LogP contribution in [0.1, 0.15) is 22.8 Å². The van der Waals surface area contributed by atoms with Crippen LogP contribution in [0.25, 0.3) is 21.8 Å². The maximum atomic E-state index is 12.1. The van der Waals surface area contributed by atoms with Crippen molar-refractivity contribution in [1.29, 1.82) is 0 Å². The van der Waals surface area contributed by atoms with E-state index in [0.717, 1.165) is 12.1 Å². The summed E-state index contributed by atoms with van der Waals surface area (Å²) < 4.78 is 2.29. The predicted octanol–water partition coefficient (Wildman–Crippen LogP) is 4.28. The van der Waals surface area contributed by atoms with Gasteiger partial charge in [-0.25, -0.2) is 5.43 Å². The van der Waals surface area contributed by atoms with E-state index in [2.05, 4.69) is 52.3 Å². The smallest absolute Gasteiger partial charge is 0.271 e. The third-order valence-electron chi connectivity index (χ3n) is 4.62. The molecule has 5 heteroatoms. The van der Waals surface area contributed by atoms with E-state index < -0.39 is 0 Å². The molecule has 134 valence electrons. The summed E-state index contributed by atoms with van der Waals surface area (Å²) >= 11 is 0. The fourth-order valence-corrected chi connectivity index (χ4v) is 3.34. The first-order valence-electron chi connectivity index (χ1n) is 8.81. The Labute approximate surface area is 156 Å². The van der Waals surface area contributed by atoms with Crippen molar-refractivity contribution < 1.29 is 9.90 Å². The first kappa shape index (κ1) is 16.8. The van der Waals surface area contributed by atoms with E-state index in [-0.39, 0.29) is 11.7 Å². The van der Waals surface area contributed by atoms with Gasteiger partial charge in [-0.3, -0.25) is 4.79 Å². The first-order valence-corrected chi connectivity index (χ1v) is 8.81. The van der Waals surface area contributed by atoms with Crippen LogP contribution in [0, 0.1) is 0 Å². The minimum absolute atomic E-state index is 0.120. The molecule has 3 aromatic carbocycles. The molecule has 0 spiro atoms. The van der Waals surface area contributed by atoms with Crippen LogP contribution in [0.15, 0.2) is 71.8 Å². The molecule has 4 aromatic rings. The van der Waals surface area contributed by atoms with Gasteiger partial charge in [-0.1, -0.05) is 24.3 Å². The van der Waals surface area contributed by atoms with Crippen LogP contribution in [0.3, 0.4) is 0 Å². The highest BCUT2D eigenvalue weighted by molar-refractivity contribution is 6.09. The number of benzene rings is 3. The number of phenolic OH excluding ortho intramolecular Hbond substituents is 1. The number of fused-ring (bicyclic) bond motifs is 3. The van der Waals surface area contributed by atoms with E-state index in [1.54, 1.807) is 18.3 Å². The topological polar surface area (TPSA) is 66.6 Å². The summed E-state index contributed by atoms with van der Waals surface area (Å²) in [5, 5.41) is 15.7. The van der Waals surface area contributed by atoms with E-state index in [4.69, 9.17) is 0 Å². The Balaban J connectivity index is 1.61. The number of hydrogen-bond donors (Lipinski definition) is 2. The maximum Gasteiger partial charge on any atom is 0.271 e. The van der Waals surface area contributed by atoms with Crippen molar-refractivity contribution in [2.45, 2.75) is 13.5 Å².